The minimum atomic E-state index is -1.19. The summed E-state index contributed by atoms with van der Waals surface area (Å²) >= 11 is 0. The topological polar surface area (TPSA) is 139 Å². The van der Waals surface area contributed by atoms with E-state index in [9.17, 15) is 19.2 Å². The number of nitrogens with one attached hydrogen (secondary N) is 2. The number of hydrogen-bond acceptors (Lipinski definition) is 7. The number of ether oxygens (including phenoxy) is 2. The zero-order valence-corrected chi connectivity index (χ0v) is 26.2. The molecular formula is C31H42N6O6. The van der Waals surface area contributed by atoms with Crippen LogP contribution in [0.2, 0.25) is 0 Å². The van der Waals surface area contributed by atoms with Crippen LogP contribution in [0.15, 0.2) is 47.4 Å². The predicted octanol–water partition coefficient (Wildman–Crippen LogP) is 3.80. The van der Waals surface area contributed by atoms with E-state index in [0.717, 1.165) is 23.0 Å². The fourth-order valence-electron chi connectivity index (χ4n) is 4.29. The number of rotatable bonds is 11. The molecule has 0 aliphatic rings. The Morgan fingerprint density at radius 3 is 2.49 bits per heavy atom. The summed E-state index contributed by atoms with van der Waals surface area (Å²) in [5.41, 5.74) is 2.27. The number of H-pyrrole nitrogens is 1. The summed E-state index contributed by atoms with van der Waals surface area (Å²) in [5, 5.41) is 2.61. The Morgan fingerprint density at radius 1 is 1.14 bits per heavy atom. The number of anilines is 1. The molecule has 2 N–H and O–H groups in total. The molecule has 12 heteroatoms. The minimum absolute atomic E-state index is 0.0283. The zero-order chi connectivity index (χ0) is 31.9. The molecule has 0 radical (unpaired) electrons. The standard InChI is InChI=1S/C31H42N6O6/c1-31(2,3)18-20-16-21(42-8)17-23-27(20)34-25(32-23)19-37-15-11-12-22(29(37)40)33-28(39)24(43-30(41)36(6)7)13-9-10-14-26(38)35(4)5/h10-12,14-17,24H,9,13,18-19H2,1-8H3,(H,32,34)(H,33,39). The normalized spacial score (nSPS) is 12.3. The van der Waals surface area contributed by atoms with Crippen LogP contribution >= 0.6 is 0 Å². The van der Waals surface area contributed by atoms with Crippen LogP contribution in [0.5, 0.6) is 5.75 Å². The lowest BCUT2D eigenvalue weighted by Gasteiger charge is -2.19. The lowest BCUT2D eigenvalue weighted by molar-refractivity contribution is -0.125. The van der Waals surface area contributed by atoms with Gasteiger partial charge in [-0.2, -0.15) is 0 Å². The van der Waals surface area contributed by atoms with Crippen LogP contribution in [0.4, 0.5) is 10.5 Å². The number of aromatic amines is 1. The molecule has 0 spiro atoms. The quantitative estimate of drug-likeness (QED) is 0.322. The molecule has 1 atom stereocenters. The van der Waals surface area contributed by atoms with Gasteiger partial charge in [0.25, 0.3) is 11.5 Å². The Labute approximate surface area is 251 Å². The van der Waals surface area contributed by atoms with Crippen molar-refractivity contribution in [3.63, 3.8) is 0 Å². The molecule has 0 fully saturated rings. The molecule has 0 aliphatic heterocycles. The van der Waals surface area contributed by atoms with E-state index in [2.05, 4.69) is 31.1 Å². The van der Waals surface area contributed by atoms with Crippen LogP contribution < -0.4 is 15.6 Å². The van der Waals surface area contributed by atoms with Crippen molar-refractivity contribution in [3.8, 4) is 5.75 Å². The number of carbonyl (C=O) groups excluding carboxylic acids is 3. The fraction of sp³-hybridized carbons (Fsp3) is 0.452. The maximum absolute atomic E-state index is 13.3. The molecule has 12 nitrogen and oxygen atoms in total. The molecule has 0 saturated heterocycles. The van der Waals surface area contributed by atoms with Gasteiger partial charge in [-0.1, -0.05) is 26.8 Å². The van der Waals surface area contributed by atoms with Crippen LogP contribution in [0, 0.1) is 5.41 Å². The number of allylic oxidation sites excluding steroid dienone is 1. The van der Waals surface area contributed by atoms with Crippen LogP contribution in [0.25, 0.3) is 11.0 Å². The second kappa shape index (κ2) is 14.0. The first kappa shape index (κ1) is 32.9. The molecule has 2 heterocycles. The van der Waals surface area contributed by atoms with Gasteiger partial charge in [-0.05, 0) is 54.5 Å². The number of amides is 3. The maximum atomic E-state index is 13.3. The molecule has 2 aromatic heterocycles. The molecular weight excluding hydrogens is 552 g/mol. The highest BCUT2D eigenvalue weighted by Crippen LogP contribution is 2.29. The first-order chi connectivity index (χ1) is 20.2. The summed E-state index contributed by atoms with van der Waals surface area (Å²) in [4.78, 5) is 61.3. The molecule has 232 valence electrons. The van der Waals surface area contributed by atoms with Crippen LogP contribution in [-0.2, 0) is 27.3 Å². The largest absolute Gasteiger partial charge is 0.497 e. The first-order valence-corrected chi connectivity index (χ1v) is 14.0. The van der Waals surface area contributed by atoms with E-state index in [4.69, 9.17) is 14.5 Å². The third kappa shape index (κ3) is 9.19. The van der Waals surface area contributed by atoms with Gasteiger partial charge in [0.15, 0.2) is 6.10 Å². The van der Waals surface area contributed by atoms with E-state index in [1.165, 1.54) is 40.6 Å². The molecule has 0 bridgehead atoms. The van der Waals surface area contributed by atoms with Crippen molar-refractivity contribution in [3.05, 3.63) is 64.4 Å². The van der Waals surface area contributed by atoms with Crippen molar-refractivity contribution in [2.75, 3.05) is 40.6 Å². The average Bonchev–Trinajstić information content (AvgIpc) is 3.34. The zero-order valence-electron chi connectivity index (χ0n) is 26.2. The number of benzene rings is 1. The van der Waals surface area contributed by atoms with Crippen molar-refractivity contribution >= 4 is 34.6 Å². The van der Waals surface area contributed by atoms with Gasteiger partial charge in [0, 0.05) is 40.5 Å². The lowest BCUT2D eigenvalue weighted by atomic mass is 9.87. The number of methoxy groups -OCH3 is 1. The molecule has 43 heavy (non-hydrogen) atoms. The Hall–Kier alpha value is -4.61. The molecule has 3 aromatic rings. The smallest absolute Gasteiger partial charge is 0.410 e. The van der Waals surface area contributed by atoms with E-state index in [-0.39, 0.29) is 30.0 Å². The highest BCUT2D eigenvalue weighted by molar-refractivity contribution is 5.95. The second-order valence-electron chi connectivity index (χ2n) is 11.9. The molecule has 3 amide bonds. The third-order valence-corrected chi connectivity index (χ3v) is 6.44. The molecule has 1 aromatic carbocycles. The van der Waals surface area contributed by atoms with E-state index < -0.39 is 23.7 Å². The summed E-state index contributed by atoms with van der Waals surface area (Å²) in [6.07, 6.45) is 3.91. The van der Waals surface area contributed by atoms with E-state index in [1.807, 2.05) is 12.1 Å². The monoisotopic (exact) mass is 594 g/mol. The number of pyridine rings is 1. The van der Waals surface area contributed by atoms with Gasteiger partial charge in [-0.3, -0.25) is 14.4 Å². The minimum Gasteiger partial charge on any atom is -0.497 e. The highest BCUT2D eigenvalue weighted by Gasteiger charge is 2.25. The number of aromatic nitrogens is 3. The SMILES string of the molecule is COc1cc(CC(C)(C)C)c2nc(Cn3cccc(NC(=O)C(CCC=CC(=O)N(C)C)OC(=O)N(C)C)c3=O)[nH]c2c1. The van der Waals surface area contributed by atoms with Gasteiger partial charge in [0.05, 0.1) is 24.7 Å². The molecule has 0 aliphatic carbocycles. The average molecular weight is 595 g/mol. The van der Waals surface area contributed by atoms with Gasteiger partial charge in [-0.25, -0.2) is 9.78 Å². The summed E-state index contributed by atoms with van der Waals surface area (Å²) in [6, 6.07) is 6.99. The summed E-state index contributed by atoms with van der Waals surface area (Å²) < 4.78 is 12.3. The third-order valence-electron chi connectivity index (χ3n) is 6.44. The Kier molecular flexibility index (Phi) is 10.7. The Balaban J connectivity index is 1.82. The van der Waals surface area contributed by atoms with Crippen molar-refractivity contribution in [1.82, 2.24) is 24.3 Å². The highest BCUT2D eigenvalue weighted by atomic mass is 16.6. The van der Waals surface area contributed by atoms with Gasteiger partial charge in [-0.15, -0.1) is 0 Å². The second-order valence-corrected chi connectivity index (χ2v) is 11.9. The number of carbonyl (C=O) groups is 3. The first-order valence-electron chi connectivity index (χ1n) is 14.0. The number of imidazole rings is 1. The fourth-order valence-corrected chi connectivity index (χ4v) is 4.29. The van der Waals surface area contributed by atoms with Crippen molar-refractivity contribution in [2.45, 2.75) is 52.7 Å². The number of fused-ring (bicyclic) bond motifs is 1. The van der Waals surface area contributed by atoms with Crippen molar-refractivity contribution in [2.24, 2.45) is 5.41 Å². The molecule has 0 saturated carbocycles. The molecule has 3 rings (SSSR count). The van der Waals surface area contributed by atoms with E-state index >= 15 is 0 Å². The molecule has 1 unspecified atom stereocenters. The van der Waals surface area contributed by atoms with Crippen LogP contribution in [0.1, 0.15) is 45.0 Å². The van der Waals surface area contributed by atoms with Crippen molar-refractivity contribution < 1.29 is 23.9 Å². The van der Waals surface area contributed by atoms with E-state index in [1.54, 1.807) is 39.5 Å². The Bertz CT molecular complexity index is 1550. The number of likely N-dealkylation sites (N-methyl/N-ethyl adjacent to an activating group) is 1. The van der Waals surface area contributed by atoms with Gasteiger partial charge in [0.2, 0.25) is 5.91 Å². The van der Waals surface area contributed by atoms with Crippen LogP contribution in [0.3, 0.4) is 0 Å². The predicted molar refractivity (Wildman–Crippen MR) is 165 cm³/mol. The van der Waals surface area contributed by atoms with Gasteiger partial charge in [0.1, 0.15) is 17.3 Å². The van der Waals surface area contributed by atoms with Gasteiger partial charge < -0.3 is 34.1 Å². The number of hydrogen-bond donors (Lipinski definition) is 2. The van der Waals surface area contributed by atoms with Gasteiger partial charge >= 0.3 is 6.09 Å². The van der Waals surface area contributed by atoms with Crippen LogP contribution in [-0.4, -0.2) is 83.6 Å². The maximum Gasteiger partial charge on any atom is 0.410 e. The van der Waals surface area contributed by atoms with E-state index in [0.29, 0.717) is 18.0 Å². The van der Waals surface area contributed by atoms with Crippen molar-refractivity contribution in [1.29, 1.82) is 0 Å². The summed E-state index contributed by atoms with van der Waals surface area (Å²) in [7, 11) is 7.88. The lowest BCUT2D eigenvalue weighted by Crippen LogP contribution is -2.37. The summed E-state index contributed by atoms with van der Waals surface area (Å²) in [6.45, 7) is 6.60. The Morgan fingerprint density at radius 2 is 1.86 bits per heavy atom. The summed E-state index contributed by atoms with van der Waals surface area (Å²) in [5.74, 6) is 0.430. The number of nitrogens with zero attached hydrogens (tertiary/aromatic N) is 4.